The molecule has 1 aromatic carbocycles. The molecule has 6 rings (SSSR count). The first-order valence-electron chi connectivity index (χ1n) is 18.2. The Bertz CT molecular complexity index is 1790. The molecule has 18 heteroatoms. The van der Waals surface area contributed by atoms with Crippen LogP contribution in [0.5, 0.6) is 5.88 Å². The van der Waals surface area contributed by atoms with Crippen molar-refractivity contribution in [2.45, 2.75) is 127 Å². The van der Waals surface area contributed by atoms with Crippen molar-refractivity contribution in [2.75, 3.05) is 19.5 Å². The average molecular weight is 870 g/mol. The minimum atomic E-state index is -4.29. The van der Waals surface area contributed by atoms with Crippen LogP contribution in [0.25, 0.3) is 11.2 Å². The number of nitrogens with zero attached hydrogens (tertiary/aromatic N) is 4. The number of esters is 2. The number of nitrogen functional groups attached to an aromatic ring is 1. The van der Waals surface area contributed by atoms with Gasteiger partial charge in [-0.15, -0.1) is 0 Å². The SMILES string of the molecule is COc1nc(N)nc2c1nc(I)n2[C@@H]1O[C@H](COP(=O)(N[C@@H](C)C(=O)OC2CCCCC2)N[C@H](C(=O)OC2CCCCC2)c2ccccc2)C[C@@]1(C)O. The first-order chi connectivity index (χ1) is 25.4. The predicted octanol–water partition coefficient (Wildman–Crippen LogP) is 5.25. The second kappa shape index (κ2) is 17.3. The summed E-state index contributed by atoms with van der Waals surface area (Å²) in [5.41, 5.74) is 5.64. The van der Waals surface area contributed by atoms with Gasteiger partial charge in [0.1, 0.15) is 29.9 Å². The third-order valence-corrected chi connectivity index (χ3v) is 12.5. The number of methoxy groups -OCH3 is 1. The van der Waals surface area contributed by atoms with Gasteiger partial charge in [0.05, 0.1) is 19.8 Å². The molecule has 3 heterocycles. The molecule has 2 saturated carbocycles. The highest BCUT2D eigenvalue weighted by Gasteiger charge is 2.48. The van der Waals surface area contributed by atoms with Gasteiger partial charge in [0.15, 0.2) is 21.2 Å². The molecule has 0 amide bonds. The lowest BCUT2D eigenvalue weighted by molar-refractivity contribution is -0.153. The second-order valence-corrected chi connectivity index (χ2v) is 17.1. The minimum Gasteiger partial charge on any atom is -0.479 e. The van der Waals surface area contributed by atoms with E-state index in [-0.39, 0.29) is 37.1 Å². The molecule has 3 fully saturated rings. The number of halogens is 1. The molecule has 2 aliphatic carbocycles. The Morgan fingerprint density at radius 3 is 2.26 bits per heavy atom. The van der Waals surface area contributed by atoms with E-state index in [1.54, 1.807) is 42.7 Å². The number of carbonyl (C=O) groups excluding carboxylic acids is 2. The van der Waals surface area contributed by atoms with Crippen LogP contribution in [0, 0.1) is 3.83 Å². The molecule has 3 aliphatic rings. The Labute approximate surface area is 322 Å². The second-order valence-electron chi connectivity index (χ2n) is 14.3. The summed E-state index contributed by atoms with van der Waals surface area (Å²) in [7, 11) is -2.85. The number of imidazole rings is 1. The van der Waals surface area contributed by atoms with Crippen LogP contribution in [0.2, 0.25) is 0 Å². The molecule has 0 radical (unpaired) electrons. The van der Waals surface area contributed by atoms with E-state index >= 15 is 0 Å². The average Bonchev–Trinajstić information content (AvgIpc) is 3.63. The lowest BCUT2D eigenvalue weighted by atomic mass is 9.97. The highest BCUT2D eigenvalue weighted by molar-refractivity contribution is 14.1. The molecule has 1 unspecified atom stereocenters. The highest BCUT2D eigenvalue weighted by atomic mass is 127. The highest BCUT2D eigenvalue weighted by Crippen LogP contribution is 2.46. The van der Waals surface area contributed by atoms with Gasteiger partial charge in [-0.1, -0.05) is 43.2 Å². The number of ether oxygens (including phenoxy) is 4. The predicted molar refractivity (Wildman–Crippen MR) is 203 cm³/mol. The monoisotopic (exact) mass is 869 g/mol. The van der Waals surface area contributed by atoms with E-state index in [2.05, 4.69) is 25.1 Å². The summed E-state index contributed by atoms with van der Waals surface area (Å²) in [5.74, 6) is -1.06. The largest absolute Gasteiger partial charge is 0.479 e. The van der Waals surface area contributed by atoms with Crippen molar-refractivity contribution < 1.29 is 42.7 Å². The van der Waals surface area contributed by atoms with Crippen LogP contribution < -0.4 is 20.6 Å². The maximum Gasteiger partial charge on any atom is 0.342 e. The number of aromatic nitrogens is 4. The van der Waals surface area contributed by atoms with Gasteiger partial charge in [0, 0.05) is 29.0 Å². The molecular weight excluding hydrogens is 820 g/mol. The Morgan fingerprint density at radius 1 is 1.02 bits per heavy atom. The topological polar surface area (TPSA) is 211 Å². The van der Waals surface area contributed by atoms with Crippen molar-refractivity contribution in [1.29, 1.82) is 0 Å². The van der Waals surface area contributed by atoms with E-state index in [9.17, 15) is 19.3 Å². The number of aliphatic hydroxyl groups is 1. The maximum atomic E-state index is 14.9. The zero-order valence-electron chi connectivity index (χ0n) is 30.2. The molecule has 6 atom stereocenters. The summed E-state index contributed by atoms with van der Waals surface area (Å²) in [6.45, 7) is 2.85. The van der Waals surface area contributed by atoms with Crippen LogP contribution >= 0.6 is 30.3 Å². The quantitative estimate of drug-likeness (QED) is 0.0706. The molecule has 2 aromatic heterocycles. The summed E-state index contributed by atoms with van der Waals surface area (Å²) in [6, 6.07) is 6.55. The zero-order valence-corrected chi connectivity index (χ0v) is 33.3. The summed E-state index contributed by atoms with van der Waals surface area (Å²) in [4.78, 5) is 40.1. The van der Waals surface area contributed by atoms with Crippen LogP contribution in [0.3, 0.4) is 0 Å². The molecule has 16 nitrogen and oxygen atoms in total. The van der Waals surface area contributed by atoms with Crippen LogP contribution in [0.15, 0.2) is 30.3 Å². The molecule has 5 N–H and O–H groups in total. The van der Waals surface area contributed by atoms with Crippen molar-refractivity contribution in [1.82, 2.24) is 29.7 Å². The van der Waals surface area contributed by atoms with E-state index in [0.717, 1.165) is 64.2 Å². The van der Waals surface area contributed by atoms with E-state index in [0.29, 0.717) is 20.6 Å². The Hall–Kier alpha value is -2.93. The van der Waals surface area contributed by atoms with Gasteiger partial charge in [-0.3, -0.25) is 13.9 Å². The van der Waals surface area contributed by atoms with Gasteiger partial charge in [-0.2, -0.15) is 9.97 Å². The number of benzene rings is 1. The molecule has 53 heavy (non-hydrogen) atoms. The fraction of sp³-hybridized carbons (Fsp3) is 0.629. The lowest BCUT2D eigenvalue weighted by Gasteiger charge is -2.30. The van der Waals surface area contributed by atoms with E-state index in [4.69, 9.17) is 29.2 Å². The Kier molecular flexibility index (Phi) is 12.9. The molecule has 3 aromatic rings. The van der Waals surface area contributed by atoms with Crippen molar-refractivity contribution in [3.63, 3.8) is 0 Å². The van der Waals surface area contributed by atoms with Crippen molar-refractivity contribution in [3.8, 4) is 5.88 Å². The van der Waals surface area contributed by atoms with Crippen LogP contribution in [-0.2, 0) is 32.9 Å². The number of nitrogens with one attached hydrogen (secondary N) is 2. The maximum absolute atomic E-state index is 14.9. The number of anilines is 1. The number of hydrogen-bond acceptors (Lipinski definition) is 13. The van der Waals surface area contributed by atoms with Crippen molar-refractivity contribution in [3.05, 3.63) is 39.7 Å². The van der Waals surface area contributed by atoms with Gasteiger partial charge >= 0.3 is 19.6 Å². The number of carbonyl (C=O) groups is 2. The van der Waals surface area contributed by atoms with E-state index < -0.39 is 49.6 Å². The van der Waals surface area contributed by atoms with Crippen molar-refractivity contribution >= 4 is 59.3 Å². The van der Waals surface area contributed by atoms with Crippen LogP contribution in [0.1, 0.15) is 102 Å². The number of hydrogen-bond donors (Lipinski definition) is 4. The fourth-order valence-corrected chi connectivity index (χ4v) is 9.75. The molecule has 0 spiro atoms. The molecular formula is C35H49IN7O9P. The van der Waals surface area contributed by atoms with Crippen molar-refractivity contribution in [2.24, 2.45) is 0 Å². The minimum absolute atomic E-state index is 0.0476. The van der Waals surface area contributed by atoms with Gasteiger partial charge in [0.2, 0.25) is 11.8 Å². The number of fused-ring (bicyclic) bond motifs is 1. The summed E-state index contributed by atoms with van der Waals surface area (Å²) >= 11 is 2.00. The van der Waals surface area contributed by atoms with Crippen LogP contribution in [-0.4, -0.2) is 80.2 Å². The fourth-order valence-electron chi connectivity index (χ4n) is 7.22. The van der Waals surface area contributed by atoms with Gasteiger partial charge in [-0.05, 0) is 70.8 Å². The number of rotatable bonds is 14. The summed E-state index contributed by atoms with van der Waals surface area (Å²) < 4.78 is 46.5. The first-order valence-corrected chi connectivity index (χ1v) is 20.9. The molecule has 0 bridgehead atoms. The standard InChI is InChI=1S/C35H49IN7O9P/c1-21(30(44)50-23-15-9-5-10-16-23)41-53(47,42-26(22-13-7-4-8-14-22)31(45)51-24-17-11-6-12-18-24)49-20-25-19-35(2,46)32(52-25)43-28-27(38-33(43)36)29(48-3)40-34(37)39-28/h4,7-8,13-14,21,23-26,32,46H,5-6,9-12,15-20H2,1-3H3,(H2,37,39,40)(H2,41,42,47)/t21-,25-,26-,32+,35+,53?/m0/s1. The van der Waals surface area contributed by atoms with Gasteiger partial charge in [-0.25, -0.2) is 20.0 Å². The van der Waals surface area contributed by atoms with Crippen LogP contribution in [0.4, 0.5) is 5.95 Å². The third kappa shape index (κ3) is 9.66. The normalized spacial score (nSPS) is 25.1. The Morgan fingerprint density at radius 2 is 1.64 bits per heavy atom. The summed E-state index contributed by atoms with van der Waals surface area (Å²) in [6.07, 6.45) is 6.87. The Balaban J connectivity index is 1.24. The third-order valence-electron chi connectivity index (χ3n) is 9.90. The lowest BCUT2D eigenvalue weighted by Crippen LogP contribution is -2.42. The summed E-state index contributed by atoms with van der Waals surface area (Å²) in [5, 5.41) is 17.4. The zero-order chi connectivity index (χ0) is 37.8. The first kappa shape index (κ1) is 39.8. The molecule has 1 aliphatic heterocycles. The molecule has 1 saturated heterocycles. The number of nitrogens with two attached hydrogens (primary N) is 1. The van der Waals surface area contributed by atoms with Gasteiger partial charge in [0.25, 0.3) is 0 Å². The molecule has 290 valence electrons. The van der Waals surface area contributed by atoms with E-state index in [1.165, 1.54) is 7.11 Å². The van der Waals surface area contributed by atoms with Gasteiger partial charge < -0.3 is 34.3 Å². The van der Waals surface area contributed by atoms with E-state index in [1.807, 2.05) is 28.7 Å². The smallest absolute Gasteiger partial charge is 0.342 e.